The van der Waals surface area contributed by atoms with E-state index in [0.717, 1.165) is 6.42 Å². The fourth-order valence-corrected chi connectivity index (χ4v) is 1.30. The summed E-state index contributed by atoms with van der Waals surface area (Å²) in [6, 6.07) is 0. The topological polar surface area (TPSA) is 84.7 Å². The van der Waals surface area contributed by atoms with Gasteiger partial charge in [-0.15, -0.1) is 0 Å². The Balaban J connectivity index is 2.39. The van der Waals surface area contributed by atoms with Crippen molar-refractivity contribution in [1.29, 1.82) is 0 Å². The molecule has 12 heavy (non-hydrogen) atoms. The van der Waals surface area contributed by atoms with E-state index in [-0.39, 0.29) is 5.95 Å². The van der Waals surface area contributed by atoms with Gasteiger partial charge in [-0.3, -0.25) is 4.98 Å². The zero-order valence-corrected chi connectivity index (χ0v) is 6.74. The average Bonchev–Trinajstić information content (AvgIpc) is 2.64. The number of hydrogen-bond donors (Lipinski definition) is 2. The van der Waals surface area contributed by atoms with Gasteiger partial charge in [-0.1, -0.05) is 6.92 Å². The number of aromatic amines is 1. The highest BCUT2D eigenvalue weighted by Crippen LogP contribution is 2.44. The second-order valence-electron chi connectivity index (χ2n) is 3.22. The number of H-pyrrole nitrogens is 1. The van der Waals surface area contributed by atoms with Gasteiger partial charge in [-0.25, -0.2) is 4.79 Å². The number of anilines is 1. The maximum absolute atomic E-state index is 10.9. The minimum Gasteiger partial charge on any atom is -0.368 e. The van der Waals surface area contributed by atoms with Gasteiger partial charge in [0.25, 0.3) is 0 Å². The molecule has 1 saturated carbocycles. The largest absolute Gasteiger partial charge is 0.368 e. The number of nitrogens with zero attached hydrogens (tertiary/aromatic N) is 2. The Morgan fingerprint density at radius 3 is 2.75 bits per heavy atom. The van der Waals surface area contributed by atoms with E-state index in [0.29, 0.717) is 17.7 Å². The molecular formula is C7H10N4O. The smallest absolute Gasteiger partial charge is 0.349 e. The van der Waals surface area contributed by atoms with Crippen molar-refractivity contribution in [2.24, 2.45) is 5.92 Å². The fraction of sp³-hybridized carbons (Fsp3) is 0.571. The molecule has 0 saturated heterocycles. The van der Waals surface area contributed by atoms with E-state index in [1.807, 2.05) is 0 Å². The normalized spacial score (nSPS) is 27.1. The predicted octanol–water partition coefficient (Wildman–Crippen LogP) is -0.130. The molecule has 0 amide bonds. The van der Waals surface area contributed by atoms with Crippen molar-refractivity contribution < 1.29 is 0 Å². The Morgan fingerprint density at radius 1 is 1.58 bits per heavy atom. The number of aromatic nitrogens is 3. The Bertz CT molecular complexity index is 359. The summed E-state index contributed by atoms with van der Waals surface area (Å²) in [5.74, 6) is 1.73. The first-order valence-electron chi connectivity index (χ1n) is 3.90. The Kier molecular flexibility index (Phi) is 1.39. The third-order valence-corrected chi connectivity index (χ3v) is 2.15. The van der Waals surface area contributed by atoms with Crippen LogP contribution in [0.4, 0.5) is 5.95 Å². The summed E-state index contributed by atoms with van der Waals surface area (Å²) in [4.78, 5) is 20.8. The zero-order chi connectivity index (χ0) is 8.72. The number of hydrogen-bond acceptors (Lipinski definition) is 4. The van der Waals surface area contributed by atoms with E-state index < -0.39 is 5.69 Å². The zero-order valence-electron chi connectivity index (χ0n) is 6.74. The molecule has 64 valence electrons. The first-order chi connectivity index (χ1) is 5.66. The molecule has 2 atom stereocenters. The van der Waals surface area contributed by atoms with E-state index in [9.17, 15) is 4.79 Å². The van der Waals surface area contributed by atoms with Crippen molar-refractivity contribution in [3.05, 3.63) is 16.3 Å². The van der Waals surface area contributed by atoms with E-state index in [2.05, 4.69) is 21.9 Å². The van der Waals surface area contributed by atoms with Crippen molar-refractivity contribution in [3.8, 4) is 0 Å². The maximum Gasteiger partial charge on any atom is 0.349 e. The van der Waals surface area contributed by atoms with Crippen LogP contribution in [0.2, 0.25) is 0 Å². The summed E-state index contributed by atoms with van der Waals surface area (Å²) in [5, 5.41) is 0. The molecule has 5 heteroatoms. The third-order valence-electron chi connectivity index (χ3n) is 2.15. The van der Waals surface area contributed by atoms with Crippen LogP contribution in [0.5, 0.6) is 0 Å². The molecule has 3 N–H and O–H groups in total. The maximum atomic E-state index is 10.9. The lowest BCUT2D eigenvalue weighted by molar-refractivity contribution is 0.813. The fourth-order valence-electron chi connectivity index (χ4n) is 1.30. The van der Waals surface area contributed by atoms with Gasteiger partial charge in [0.1, 0.15) is 5.82 Å². The highest BCUT2D eigenvalue weighted by atomic mass is 16.1. The lowest BCUT2D eigenvalue weighted by atomic mass is 10.3. The first kappa shape index (κ1) is 7.27. The molecule has 5 nitrogen and oxygen atoms in total. The molecular weight excluding hydrogens is 156 g/mol. The van der Waals surface area contributed by atoms with Crippen LogP contribution >= 0.6 is 0 Å². The molecule has 1 aromatic rings. The number of nitrogen functional groups attached to an aromatic ring is 1. The van der Waals surface area contributed by atoms with Crippen LogP contribution in [0.25, 0.3) is 0 Å². The van der Waals surface area contributed by atoms with E-state index in [1.54, 1.807) is 0 Å². The second kappa shape index (κ2) is 2.30. The van der Waals surface area contributed by atoms with Crippen LogP contribution in [-0.4, -0.2) is 15.0 Å². The minimum absolute atomic E-state index is 0.0628. The molecule has 1 fully saturated rings. The summed E-state index contributed by atoms with van der Waals surface area (Å²) in [7, 11) is 0. The standard InChI is InChI=1S/C7H10N4O/c1-3-2-4(3)5-9-6(8)11-7(12)10-5/h3-4H,2H2,1H3,(H3,8,9,10,11,12). The quantitative estimate of drug-likeness (QED) is 0.608. The molecule has 2 unspecified atom stereocenters. The van der Waals surface area contributed by atoms with Gasteiger partial charge in [0, 0.05) is 5.92 Å². The van der Waals surface area contributed by atoms with Crippen LogP contribution in [0.1, 0.15) is 25.1 Å². The van der Waals surface area contributed by atoms with Crippen molar-refractivity contribution in [2.45, 2.75) is 19.3 Å². The molecule has 0 aromatic carbocycles. The summed E-state index contributed by atoms with van der Waals surface area (Å²) >= 11 is 0. The number of nitrogens with one attached hydrogen (secondary N) is 1. The van der Waals surface area contributed by atoms with Gasteiger partial charge in [-0.05, 0) is 12.3 Å². The molecule has 1 aliphatic rings. The first-order valence-corrected chi connectivity index (χ1v) is 3.90. The van der Waals surface area contributed by atoms with Crippen molar-refractivity contribution in [1.82, 2.24) is 15.0 Å². The minimum atomic E-state index is -0.406. The summed E-state index contributed by atoms with van der Waals surface area (Å²) in [6.07, 6.45) is 1.08. The molecule has 0 spiro atoms. The summed E-state index contributed by atoms with van der Waals surface area (Å²) in [5.41, 5.74) is 4.92. The van der Waals surface area contributed by atoms with Gasteiger partial charge in [-0.2, -0.15) is 9.97 Å². The van der Waals surface area contributed by atoms with Gasteiger partial charge in [0.05, 0.1) is 0 Å². The molecule has 2 rings (SSSR count). The molecule has 1 aromatic heterocycles. The monoisotopic (exact) mass is 166 g/mol. The van der Waals surface area contributed by atoms with Gasteiger partial charge >= 0.3 is 5.69 Å². The summed E-state index contributed by atoms with van der Waals surface area (Å²) in [6.45, 7) is 2.11. The lowest BCUT2D eigenvalue weighted by Gasteiger charge is -1.96. The number of nitrogens with two attached hydrogens (primary N) is 1. The average molecular weight is 166 g/mol. The van der Waals surface area contributed by atoms with E-state index in [1.165, 1.54) is 0 Å². The van der Waals surface area contributed by atoms with Crippen molar-refractivity contribution in [3.63, 3.8) is 0 Å². The van der Waals surface area contributed by atoms with Gasteiger partial charge in [0.2, 0.25) is 5.95 Å². The van der Waals surface area contributed by atoms with Crippen LogP contribution < -0.4 is 11.4 Å². The van der Waals surface area contributed by atoms with E-state index in [4.69, 9.17) is 5.73 Å². The highest BCUT2D eigenvalue weighted by molar-refractivity contribution is 5.17. The van der Waals surface area contributed by atoms with Crippen molar-refractivity contribution in [2.75, 3.05) is 5.73 Å². The molecule has 0 bridgehead atoms. The van der Waals surface area contributed by atoms with Gasteiger partial charge in [0.15, 0.2) is 0 Å². The van der Waals surface area contributed by atoms with Crippen LogP contribution in [0, 0.1) is 5.92 Å². The third kappa shape index (κ3) is 1.17. The Labute approximate surface area is 69.0 Å². The predicted molar refractivity (Wildman–Crippen MR) is 43.6 cm³/mol. The van der Waals surface area contributed by atoms with E-state index >= 15 is 0 Å². The number of rotatable bonds is 1. The molecule has 0 aliphatic heterocycles. The van der Waals surface area contributed by atoms with Crippen LogP contribution in [0.15, 0.2) is 4.79 Å². The van der Waals surface area contributed by atoms with Gasteiger partial charge < -0.3 is 5.73 Å². The highest BCUT2D eigenvalue weighted by Gasteiger charge is 2.36. The lowest BCUT2D eigenvalue weighted by Crippen LogP contribution is -2.17. The Hall–Kier alpha value is -1.39. The second-order valence-corrected chi connectivity index (χ2v) is 3.22. The van der Waals surface area contributed by atoms with Crippen LogP contribution in [0.3, 0.4) is 0 Å². The van der Waals surface area contributed by atoms with Crippen molar-refractivity contribution >= 4 is 5.95 Å². The van der Waals surface area contributed by atoms with Crippen LogP contribution in [-0.2, 0) is 0 Å². The Morgan fingerprint density at radius 2 is 2.25 bits per heavy atom. The molecule has 0 radical (unpaired) electrons. The summed E-state index contributed by atoms with van der Waals surface area (Å²) < 4.78 is 0. The SMILES string of the molecule is CC1CC1c1nc(N)nc(=O)[nH]1. The molecule has 1 heterocycles. The molecule has 1 aliphatic carbocycles.